The van der Waals surface area contributed by atoms with Gasteiger partial charge in [-0.2, -0.15) is 0 Å². The van der Waals surface area contributed by atoms with Gasteiger partial charge in [0.2, 0.25) is 5.88 Å². The van der Waals surface area contributed by atoms with Gasteiger partial charge in [0, 0.05) is 11.1 Å². The smallest absolute Gasteiger partial charge is 0.230 e. The number of anilines is 1. The predicted octanol–water partition coefficient (Wildman–Crippen LogP) is 3.87. The van der Waals surface area contributed by atoms with Gasteiger partial charge >= 0.3 is 0 Å². The molecule has 5 heteroatoms. The van der Waals surface area contributed by atoms with Gasteiger partial charge in [0.25, 0.3) is 0 Å². The van der Waals surface area contributed by atoms with Crippen LogP contribution in [0, 0.1) is 11.6 Å². The van der Waals surface area contributed by atoms with Gasteiger partial charge in [0.1, 0.15) is 17.3 Å². The highest BCUT2D eigenvalue weighted by atomic mass is 19.1. The Labute approximate surface area is 113 Å². The Morgan fingerprint density at radius 3 is 2.55 bits per heavy atom. The first-order valence-corrected chi connectivity index (χ1v) is 5.93. The number of rotatable bonds is 2. The van der Waals surface area contributed by atoms with E-state index >= 15 is 0 Å². The number of aromatic nitrogens is 1. The molecule has 0 unspecified atom stereocenters. The minimum Gasteiger partial charge on any atom is -0.367 e. The zero-order valence-corrected chi connectivity index (χ0v) is 10.3. The highest BCUT2D eigenvalue weighted by molar-refractivity contribution is 5.86. The summed E-state index contributed by atoms with van der Waals surface area (Å²) in [5, 5.41) is 3.81. The minimum atomic E-state index is -0.444. The van der Waals surface area contributed by atoms with Crippen LogP contribution in [0.15, 0.2) is 53.1 Å². The molecule has 0 aliphatic rings. The number of nitrogen functional groups attached to an aromatic ring is 1. The van der Waals surface area contributed by atoms with Crippen LogP contribution >= 0.6 is 0 Å². The van der Waals surface area contributed by atoms with Crippen molar-refractivity contribution >= 4 is 5.88 Å². The number of hydrogen-bond acceptors (Lipinski definition) is 3. The third kappa shape index (κ3) is 2.03. The highest BCUT2D eigenvalue weighted by Crippen LogP contribution is 2.37. The second-order valence-electron chi connectivity index (χ2n) is 4.26. The molecule has 3 nitrogen and oxygen atoms in total. The summed E-state index contributed by atoms with van der Waals surface area (Å²) in [7, 11) is 0. The van der Waals surface area contributed by atoms with Crippen LogP contribution in [0.25, 0.3) is 22.4 Å². The molecule has 0 radical (unpaired) electrons. The van der Waals surface area contributed by atoms with Crippen molar-refractivity contribution in [1.29, 1.82) is 0 Å². The van der Waals surface area contributed by atoms with Crippen molar-refractivity contribution in [2.45, 2.75) is 0 Å². The summed E-state index contributed by atoms with van der Waals surface area (Å²) < 4.78 is 32.2. The van der Waals surface area contributed by atoms with Gasteiger partial charge in [-0.25, -0.2) is 8.78 Å². The SMILES string of the molecule is Nc1onc(-c2cccc(F)c2)c1-c1ccccc1F. The van der Waals surface area contributed by atoms with Crippen LogP contribution in [-0.2, 0) is 0 Å². The molecule has 0 atom stereocenters. The molecule has 0 spiro atoms. The van der Waals surface area contributed by atoms with Crippen LogP contribution in [0.4, 0.5) is 14.7 Å². The molecule has 3 aromatic rings. The molecule has 0 aliphatic heterocycles. The molecule has 2 N–H and O–H groups in total. The summed E-state index contributed by atoms with van der Waals surface area (Å²) >= 11 is 0. The minimum absolute atomic E-state index is 0.00522. The third-order valence-corrected chi connectivity index (χ3v) is 2.96. The average molecular weight is 272 g/mol. The van der Waals surface area contributed by atoms with Crippen molar-refractivity contribution in [2.24, 2.45) is 0 Å². The second kappa shape index (κ2) is 4.77. The fourth-order valence-electron chi connectivity index (χ4n) is 2.06. The largest absolute Gasteiger partial charge is 0.367 e. The lowest BCUT2D eigenvalue weighted by Gasteiger charge is -2.04. The molecule has 0 saturated carbocycles. The van der Waals surface area contributed by atoms with E-state index in [2.05, 4.69) is 5.16 Å². The lowest BCUT2D eigenvalue weighted by Crippen LogP contribution is -1.91. The van der Waals surface area contributed by atoms with E-state index < -0.39 is 11.6 Å². The molecule has 0 bridgehead atoms. The van der Waals surface area contributed by atoms with Gasteiger partial charge in [-0.15, -0.1) is 0 Å². The van der Waals surface area contributed by atoms with E-state index in [4.69, 9.17) is 10.3 Å². The maximum atomic E-state index is 13.9. The number of hydrogen-bond donors (Lipinski definition) is 1. The summed E-state index contributed by atoms with van der Waals surface area (Å²) in [5.74, 6) is -0.863. The third-order valence-electron chi connectivity index (χ3n) is 2.96. The van der Waals surface area contributed by atoms with E-state index in [-0.39, 0.29) is 11.4 Å². The van der Waals surface area contributed by atoms with Crippen molar-refractivity contribution in [3.8, 4) is 22.4 Å². The summed E-state index contributed by atoms with van der Waals surface area (Å²) in [6.45, 7) is 0. The summed E-state index contributed by atoms with van der Waals surface area (Å²) in [6.07, 6.45) is 0. The van der Waals surface area contributed by atoms with E-state index in [9.17, 15) is 8.78 Å². The summed E-state index contributed by atoms with van der Waals surface area (Å²) in [4.78, 5) is 0. The van der Waals surface area contributed by atoms with Crippen LogP contribution < -0.4 is 5.73 Å². The second-order valence-corrected chi connectivity index (χ2v) is 4.26. The quantitative estimate of drug-likeness (QED) is 0.770. The Balaban J connectivity index is 2.23. The first-order valence-electron chi connectivity index (χ1n) is 5.93. The lowest BCUT2D eigenvalue weighted by atomic mass is 10.0. The average Bonchev–Trinajstić information content (AvgIpc) is 2.81. The lowest BCUT2D eigenvalue weighted by molar-refractivity contribution is 0.439. The molecule has 2 aromatic carbocycles. The molecule has 3 rings (SSSR count). The van der Waals surface area contributed by atoms with Crippen LogP contribution in [0.3, 0.4) is 0 Å². The number of nitrogens with two attached hydrogens (primary N) is 1. The maximum Gasteiger partial charge on any atom is 0.230 e. The van der Waals surface area contributed by atoms with E-state index in [1.807, 2.05) is 0 Å². The van der Waals surface area contributed by atoms with Crippen LogP contribution in [-0.4, -0.2) is 5.16 Å². The Hall–Kier alpha value is -2.69. The molecular formula is C15H10F2N2O. The molecular weight excluding hydrogens is 262 g/mol. The molecule has 100 valence electrons. The topological polar surface area (TPSA) is 52.0 Å². The van der Waals surface area contributed by atoms with Crippen LogP contribution in [0.5, 0.6) is 0 Å². The fourth-order valence-corrected chi connectivity index (χ4v) is 2.06. The summed E-state index contributed by atoms with van der Waals surface area (Å²) in [6, 6.07) is 11.9. The van der Waals surface area contributed by atoms with Gasteiger partial charge in [0.05, 0.1) is 5.56 Å². The van der Waals surface area contributed by atoms with Crippen molar-refractivity contribution in [3.05, 3.63) is 60.2 Å². The molecule has 1 heterocycles. The van der Waals surface area contributed by atoms with Gasteiger partial charge in [-0.1, -0.05) is 35.5 Å². The highest BCUT2D eigenvalue weighted by Gasteiger charge is 2.20. The van der Waals surface area contributed by atoms with Gasteiger partial charge in [-0.3, -0.25) is 0 Å². The van der Waals surface area contributed by atoms with E-state index in [1.54, 1.807) is 30.3 Å². The Morgan fingerprint density at radius 1 is 1.00 bits per heavy atom. The molecule has 1 aromatic heterocycles. The first kappa shape index (κ1) is 12.3. The molecule has 0 aliphatic carbocycles. The standard InChI is InChI=1S/C15H10F2N2O/c16-10-5-3-4-9(8-10)14-13(15(18)20-19-14)11-6-1-2-7-12(11)17/h1-8H,18H2. The Bertz CT molecular complexity index is 768. The van der Waals surface area contributed by atoms with Gasteiger partial charge in [0.15, 0.2) is 0 Å². The monoisotopic (exact) mass is 272 g/mol. The van der Waals surface area contributed by atoms with Crippen LogP contribution in [0.1, 0.15) is 0 Å². The number of nitrogens with zero attached hydrogens (tertiary/aromatic N) is 1. The van der Waals surface area contributed by atoms with Gasteiger partial charge in [-0.05, 0) is 18.2 Å². The van der Waals surface area contributed by atoms with Crippen molar-refractivity contribution in [3.63, 3.8) is 0 Å². The zero-order chi connectivity index (χ0) is 14.1. The van der Waals surface area contributed by atoms with Crippen LogP contribution in [0.2, 0.25) is 0 Å². The Kier molecular flexibility index (Phi) is 2.95. The number of halogens is 2. The van der Waals surface area contributed by atoms with E-state index in [0.717, 1.165) is 0 Å². The van der Waals surface area contributed by atoms with Crippen molar-refractivity contribution in [2.75, 3.05) is 5.73 Å². The first-order chi connectivity index (χ1) is 9.66. The zero-order valence-electron chi connectivity index (χ0n) is 10.3. The fraction of sp³-hybridized carbons (Fsp3) is 0. The van der Waals surface area contributed by atoms with E-state index in [1.165, 1.54) is 18.2 Å². The normalized spacial score (nSPS) is 10.7. The molecule has 20 heavy (non-hydrogen) atoms. The van der Waals surface area contributed by atoms with Gasteiger partial charge < -0.3 is 10.3 Å². The Morgan fingerprint density at radius 2 is 1.80 bits per heavy atom. The number of benzene rings is 2. The summed E-state index contributed by atoms with van der Waals surface area (Å²) in [5.41, 5.74) is 7.11. The molecule has 0 fully saturated rings. The van der Waals surface area contributed by atoms with E-state index in [0.29, 0.717) is 16.8 Å². The van der Waals surface area contributed by atoms with Crippen molar-refractivity contribution < 1.29 is 13.3 Å². The maximum absolute atomic E-state index is 13.9. The molecule has 0 amide bonds. The molecule has 0 saturated heterocycles. The predicted molar refractivity (Wildman–Crippen MR) is 71.7 cm³/mol. The van der Waals surface area contributed by atoms with Crippen molar-refractivity contribution in [1.82, 2.24) is 5.16 Å².